The fourth-order valence-corrected chi connectivity index (χ4v) is 1.84. The van der Waals surface area contributed by atoms with E-state index in [0.29, 0.717) is 24.1 Å². The van der Waals surface area contributed by atoms with Crippen LogP contribution in [0.2, 0.25) is 0 Å². The summed E-state index contributed by atoms with van der Waals surface area (Å²) in [6.07, 6.45) is 3.93. The Balaban J connectivity index is 1.95. The van der Waals surface area contributed by atoms with Gasteiger partial charge in [0, 0.05) is 42.0 Å². The number of nitrogens with one attached hydrogen (secondary N) is 2. The van der Waals surface area contributed by atoms with E-state index in [1.165, 1.54) is 18.2 Å². The van der Waals surface area contributed by atoms with E-state index in [0.717, 1.165) is 5.69 Å². The second-order valence-corrected chi connectivity index (χ2v) is 4.34. The van der Waals surface area contributed by atoms with Crippen LogP contribution < -0.4 is 5.32 Å². The minimum Gasteiger partial charge on any atom is -0.352 e. The molecule has 1 heterocycles. The smallest absolute Gasteiger partial charge is 0.272 e. The van der Waals surface area contributed by atoms with Gasteiger partial charge in [-0.3, -0.25) is 14.9 Å². The number of aryl methyl sites for hydroxylation is 1. The third kappa shape index (κ3) is 3.19. The van der Waals surface area contributed by atoms with E-state index in [9.17, 15) is 14.9 Å². The van der Waals surface area contributed by atoms with Crippen LogP contribution in [0.15, 0.2) is 30.7 Å². The van der Waals surface area contributed by atoms with Crippen LogP contribution >= 0.6 is 0 Å². The molecule has 0 aliphatic carbocycles. The second kappa shape index (κ2) is 5.96. The van der Waals surface area contributed by atoms with Crippen molar-refractivity contribution >= 4 is 11.6 Å². The summed E-state index contributed by atoms with van der Waals surface area (Å²) in [4.78, 5) is 29.0. The van der Waals surface area contributed by atoms with Crippen molar-refractivity contribution in [2.24, 2.45) is 0 Å². The molecule has 0 bridgehead atoms. The monoisotopic (exact) mass is 274 g/mol. The van der Waals surface area contributed by atoms with E-state index in [-0.39, 0.29) is 11.6 Å². The van der Waals surface area contributed by atoms with Crippen LogP contribution in [0.3, 0.4) is 0 Å². The fourth-order valence-electron chi connectivity index (χ4n) is 1.84. The lowest BCUT2D eigenvalue weighted by molar-refractivity contribution is -0.385. The number of nitro benzene ring substituents is 1. The Bertz CT molecular complexity index is 623. The second-order valence-electron chi connectivity index (χ2n) is 4.34. The summed E-state index contributed by atoms with van der Waals surface area (Å²) in [5.41, 5.74) is 1.83. The maximum atomic E-state index is 11.9. The molecular weight excluding hydrogens is 260 g/mol. The number of benzene rings is 1. The van der Waals surface area contributed by atoms with Crippen LogP contribution in [-0.2, 0) is 6.42 Å². The molecule has 20 heavy (non-hydrogen) atoms. The number of amides is 1. The molecule has 0 fully saturated rings. The molecule has 0 saturated carbocycles. The molecule has 0 unspecified atom stereocenters. The van der Waals surface area contributed by atoms with Crippen LogP contribution in [-0.4, -0.2) is 27.3 Å². The summed E-state index contributed by atoms with van der Waals surface area (Å²) in [5, 5.41) is 13.5. The molecule has 0 spiro atoms. The number of imidazole rings is 1. The van der Waals surface area contributed by atoms with Gasteiger partial charge in [-0.25, -0.2) is 4.98 Å². The summed E-state index contributed by atoms with van der Waals surface area (Å²) >= 11 is 0. The number of nitrogens with zero attached hydrogens (tertiary/aromatic N) is 2. The molecule has 1 aromatic heterocycles. The van der Waals surface area contributed by atoms with Gasteiger partial charge in [-0.15, -0.1) is 0 Å². The molecule has 7 nitrogen and oxygen atoms in total. The van der Waals surface area contributed by atoms with Crippen LogP contribution in [0.4, 0.5) is 5.69 Å². The van der Waals surface area contributed by atoms with Crippen molar-refractivity contribution in [3.05, 3.63) is 57.7 Å². The SMILES string of the molecule is Cc1cc(C(=O)NCCc2cnc[nH]2)ccc1[N+](=O)[O-]. The first-order valence-corrected chi connectivity index (χ1v) is 6.08. The number of aromatic nitrogens is 2. The summed E-state index contributed by atoms with van der Waals surface area (Å²) in [5.74, 6) is -0.248. The van der Waals surface area contributed by atoms with Gasteiger partial charge in [-0.1, -0.05) is 0 Å². The zero-order valence-corrected chi connectivity index (χ0v) is 10.9. The molecule has 2 N–H and O–H groups in total. The number of hydrogen-bond acceptors (Lipinski definition) is 4. The highest BCUT2D eigenvalue weighted by molar-refractivity contribution is 5.94. The number of hydrogen-bond donors (Lipinski definition) is 2. The van der Waals surface area contributed by atoms with Crippen LogP contribution in [0.1, 0.15) is 21.6 Å². The Morgan fingerprint density at radius 1 is 1.50 bits per heavy atom. The number of carbonyl (C=O) groups is 1. The zero-order chi connectivity index (χ0) is 14.5. The van der Waals surface area contributed by atoms with Gasteiger partial charge in [0.25, 0.3) is 11.6 Å². The molecule has 7 heteroatoms. The summed E-state index contributed by atoms with van der Waals surface area (Å²) in [6.45, 7) is 2.08. The molecule has 0 aliphatic rings. The molecule has 1 amide bonds. The van der Waals surface area contributed by atoms with Gasteiger partial charge in [0.2, 0.25) is 0 Å². The van der Waals surface area contributed by atoms with Gasteiger partial charge in [0.05, 0.1) is 11.3 Å². The summed E-state index contributed by atoms with van der Waals surface area (Å²) in [7, 11) is 0. The highest BCUT2D eigenvalue weighted by Crippen LogP contribution is 2.18. The van der Waals surface area contributed by atoms with E-state index in [2.05, 4.69) is 15.3 Å². The van der Waals surface area contributed by atoms with Crippen LogP contribution in [0, 0.1) is 17.0 Å². The Morgan fingerprint density at radius 3 is 2.90 bits per heavy atom. The summed E-state index contributed by atoms with van der Waals surface area (Å²) < 4.78 is 0. The molecular formula is C13H14N4O3. The van der Waals surface area contributed by atoms with E-state index in [1.807, 2.05) is 0 Å². The first-order valence-electron chi connectivity index (χ1n) is 6.08. The van der Waals surface area contributed by atoms with Crippen molar-refractivity contribution in [2.45, 2.75) is 13.3 Å². The lowest BCUT2D eigenvalue weighted by Crippen LogP contribution is -2.25. The van der Waals surface area contributed by atoms with Crippen molar-refractivity contribution in [2.75, 3.05) is 6.54 Å². The molecule has 0 radical (unpaired) electrons. The molecule has 2 aromatic rings. The number of H-pyrrole nitrogens is 1. The van der Waals surface area contributed by atoms with E-state index in [4.69, 9.17) is 0 Å². The van der Waals surface area contributed by atoms with Crippen molar-refractivity contribution in [3.63, 3.8) is 0 Å². The minimum atomic E-state index is -0.463. The lowest BCUT2D eigenvalue weighted by Gasteiger charge is -2.05. The number of aromatic amines is 1. The van der Waals surface area contributed by atoms with Crippen molar-refractivity contribution < 1.29 is 9.72 Å². The topological polar surface area (TPSA) is 101 Å². The molecule has 0 atom stereocenters. The standard InChI is InChI=1S/C13H14N4O3/c1-9-6-10(2-3-12(9)17(19)20)13(18)15-5-4-11-7-14-8-16-11/h2-3,6-8H,4-5H2,1H3,(H,14,16)(H,15,18). The largest absolute Gasteiger partial charge is 0.352 e. The number of rotatable bonds is 5. The minimum absolute atomic E-state index is 0.0130. The van der Waals surface area contributed by atoms with Crippen molar-refractivity contribution in [1.29, 1.82) is 0 Å². The molecule has 0 saturated heterocycles. The predicted molar refractivity (Wildman–Crippen MR) is 72.5 cm³/mol. The Morgan fingerprint density at radius 2 is 2.30 bits per heavy atom. The summed E-state index contributed by atoms with van der Waals surface area (Å²) in [6, 6.07) is 4.32. The van der Waals surface area contributed by atoms with Gasteiger partial charge >= 0.3 is 0 Å². The third-order valence-electron chi connectivity index (χ3n) is 2.89. The normalized spacial score (nSPS) is 10.2. The molecule has 0 aliphatic heterocycles. The van der Waals surface area contributed by atoms with Crippen LogP contribution in [0.25, 0.3) is 0 Å². The maximum Gasteiger partial charge on any atom is 0.272 e. The van der Waals surface area contributed by atoms with Crippen molar-refractivity contribution in [1.82, 2.24) is 15.3 Å². The third-order valence-corrected chi connectivity index (χ3v) is 2.89. The van der Waals surface area contributed by atoms with E-state index in [1.54, 1.807) is 19.4 Å². The lowest BCUT2D eigenvalue weighted by atomic mass is 10.1. The zero-order valence-electron chi connectivity index (χ0n) is 10.9. The Kier molecular flexibility index (Phi) is 4.09. The Hall–Kier alpha value is -2.70. The quantitative estimate of drug-likeness (QED) is 0.638. The molecule has 104 valence electrons. The average Bonchev–Trinajstić information content (AvgIpc) is 2.91. The van der Waals surface area contributed by atoms with Gasteiger partial charge in [0.15, 0.2) is 0 Å². The Labute approximate surface area is 115 Å². The van der Waals surface area contributed by atoms with Gasteiger partial charge in [-0.05, 0) is 19.1 Å². The fraction of sp³-hybridized carbons (Fsp3) is 0.231. The average molecular weight is 274 g/mol. The van der Waals surface area contributed by atoms with Crippen LogP contribution in [0.5, 0.6) is 0 Å². The molecule has 1 aromatic carbocycles. The highest BCUT2D eigenvalue weighted by atomic mass is 16.6. The van der Waals surface area contributed by atoms with Gasteiger partial charge < -0.3 is 10.3 Å². The van der Waals surface area contributed by atoms with Crippen molar-refractivity contribution in [3.8, 4) is 0 Å². The highest BCUT2D eigenvalue weighted by Gasteiger charge is 2.13. The first kappa shape index (κ1) is 13.7. The number of nitro groups is 1. The predicted octanol–water partition coefficient (Wildman–Crippen LogP) is 1.60. The first-order chi connectivity index (χ1) is 9.58. The maximum absolute atomic E-state index is 11.9. The van der Waals surface area contributed by atoms with Gasteiger partial charge in [0.1, 0.15) is 0 Å². The van der Waals surface area contributed by atoms with E-state index < -0.39 is 4.92 Å². The van der Waals surface area contributed by atoms with Gasteiger partial charge in [-0.2, -0.15) is 0 Å². The number of carbonyl (C=O) groups excluding carboxylic acids is 1. The molecule has 2 rings (SSSR count). The van der Waals surface area contributed by atoms with E-state index >= 15 is 0 Å².